The molecule has 2 aliphatic heterocycles. The van der Waals surface area contributed by atoms with Gasteiger partial charge in [0.1, 0.15) is 10.2 Å². The summed E-state index contributed by atoms with van der Waals surface area (Å²) in [6.45, 7) is 0. The molecule has 2 heterocycles. The highest BCUT2D eigenvalue weighted by molar-refractivity contribution is 9.10. The molecule has 2 aliphatic rings. The second-order valence-corrected chi connectivity index (χ2v) is 3.15. The van der Waals surface area contributed by atoms with E-state index in [0.29, 0.717) is 10.2 Å². The summed E-state index contributed by atoms with van der Waals surface area (Å²) in [5, 5.41) is 0. The number of nitrogens with one attached hydrogen (secondary N) is 1. The van der Waals surface area contributed by atoms with Crippen molar-refractivity contribution in [2.75, 3.05) is 0 Å². The Morgan fingerprint density at radius 1 is 1.42 bits per heavy atom. The maximum Gasteiger partial charge on any atom is 0.265 e. The molecule has 0 radical (unpaired) electrons. The van der Waals surface area contributed by atoms with E-state index >= 15 is 0 Å². The fraction of sp³-hybridized carbons (Fsp3) is 0. The topological polar surface area (TPSA) is 45.8 Å². The van der Waals surface area contributed by atoms with Crippen molar-refractivity contribution in [3.8, 4) is 11.4 Å². The Morgan fingerprint density at radius 3 is 3.08 bits per heavy atom. The summed E-state index contributed by atoms with van der Waals surface area (Å²) in [6.07, 6.45) is 1.65. The van der Waals surface area contributed by atoms with Gasteiger partial charge < -0.3 is 4.98 Å². The van der Waals surface area contributed by atoms with E-state index in [2.05, 4.69) is 25.9 Å². The van der Waals surface area contributed by atoms with Crippen molar-refractivity contribution in [1.29, 1.82) is 0 Å². The van der Waals surface area contributed by atoms with Gasteiger partial charge in [0.15, 0.2) is 0 Å². The lowest BCUT2D eigenvalue weighted by molar-refractivity contribution is 1.31. The van der Waals surface area contributed by atoms with E-state index in [-0.39, 0.29) is 5.56 Å². The second-order valence-electron chi connectivity index (χ2n) is 2.36. The van der Waals surface area contributed by atoms with Crippen LogP contribution in [0.15, 0.2) is 33.7 Å². The van der Waals surface area contributed by atoms with Crippen molar-refractivity contribution < 1.29 is 0 Å². The largest absolute Gasteiger partial charge is 0.320 e. The van der Waals surface area contributed by atoms with Gasteiger partial charge in [-0.3, -0.25) is 9.78 Å². The third-order valence-electron chi connectivity index (χ3n) is 1.57. The molecular weight excluding hydrogens is 220 g/mol. The lowest BCUT2D eigenvalue weighted by Crippen LogP contribution is -1.96. The predicted octanol–water partition coefficient (Wildman–Crippen LogP) is 1.64. The number of aromatic nitrogens is 2. The number of hydrogen-bond donors (Lipinski definition) is 1. The van der Waals surface area contributed by atoms with Crippen molar-refractivity contribution in [2.45, 2.75) is 0 Å². The van der Waals surface area contributed by atoms with E-state index in [9.17, 15) is 4.79 Å². The van der Waals surface area contributed by atoms with Crippen LogP contribution in [0, 0.1) is 0 Å². The van der Waals surface area contributed by atoms with Crippen LogP contribution >= 0.6 is 15.9 Å². The first kappa shape index (κ1) is 7.49. The third kappa shape index (κ3) is 1.04. The summed E-state index contributed by atoms with van der Waals surface area (Å²) in [7, 11) is 0. The molecule has 12 heavy (non-hydrogen) atoms. The molecule has 0 saturated heterocycles. The molecule has 3 nitrogen and oxygen atoms in total. The van der Waals surface area contributed by atoms with Gasteiger partial charge in [-0.15, -0.1) is 0 Å². The normalized spacial score (nSPS) is 10.4. The number of nitrogens with zero attached hydrogens (tertiary/aromatic N) is 1. The molecule has 1 N–H and O–H groups in total. The van der Waals surface area contributed by atoms with Crippen LogP contribution in [0.25, 0.3) is 11.4 Å². The van der Waals surface area contributed by atoms with Gasteiger partial charge in [0.2, 0.25) is 0 Å². The molecule has 0 aromatic heterocycles. The fourth-order valence-electron chi connectivity index (χ4n) is 1.03. The predicted molar refractivity (Wildman–Crippen MR) is 49.2 cm³/mol. The molecule has 0 spiro atoms. The first-order valence-corrected chi connectivity index (χ1v) is 4.21. The van der Waals surface area contributed by atoms with Crippen LogP contribution in [0.3, 0.4) is 0 Å². The Kier molecular flexibility index (Phi) is 1.69. The zero-order chi connectivity index (χ0) is 8.55. The Hall–Kier alpha value is -1.16. The summed E-state index contributed by atoms with van der Waals surface area (Å²) in [5.41, 5.74) is 1.28. The molecule has 60 valence electrons. The minimum Gasteiger partial charge on any atom is -0.320 e. The van der Waals surface area contributed by atoms with Gasteiger partial charge in [0.25, 0.3) is 5.56 Å². The molecule has 2 rings (SSSR count). The highest BCUT2D eigenvalue weighted by atomic mass is 79.9. The van der Waals surface area contributed by atoms with Crippen LogP contribution in [-0.2, 0) is 0 Å². The van der Waals surface area contributed by atoms with Gasteiger partial charge in [0, 0.05) is 6.20 Å². The average molecular weight is 225 g/mol. The number of halogens is 1. The highest BCUT2D eigenvalue weighted by Crippen LogP contribution is 2.21. The monoisotopic (exact) mass is 224 g/mol. The summed E-state index contributed by atoms with van der Waals surface area (Å²) >= 11 is 3.17. The number of hydrogen-bond acceptors (Lipinski definition) is 2. The molecule has 4 heteroatoms. The van der Waals surface area contributed by atoms with Gasteiger partial charge in [-0.05, 0) is 28.1 Å². The summed E-state index contributed by atoms with van der Waals surface area (Å²) in [5.74, 6) is 0. The fourth-order valence-corrected chi connectivity index (χ4v) is 1.44. The van der Waals surface area contributed by atoms with Crippen LogP contribution in [-0.4, -0.2) is 9.97 Å². The molecule has 0 fully saturated rings. The molecular formula is C8H5BrN2O. The molecule has 0 bridgehead atoms. The highest BCUT2D eigenvalue weighted by Gasteiger charge is 2.11. The van der Waals surface area contributed by atoms with Crippen LogP contribution in [0.4, 0.5) is 0 Å². The Bertz CT molecular complexity index is 438. The number of rotatable bonds is 0. The maximum atomic E-state index is 11.1. The number of H-pyrrole nitrogens is 1. The molecule has 0 amide bonds. The van der Waals surface area contributed by atoms with E-state index in [4.69, 9.17) is 0 Å². The lowest BCUT2D eigenvalue weighted by Gasteiger charge is -1.86. The van der Waals surface area contributed by atoms with E-state index in [1.54, 1.807) is 6.20 Å². The van der Waals surface area contributed by atoms with Crippen molar-refractivity contribution in [3.63, 3.8) is 0 Å². The van der Waals surface area contributed by atoms with Crippen molar-refractivity contribution in [3.05, 3.63) is 39.2 Å². The van der Waals surface area contributed by atoms with Crippen LogP contribution < -0.4 is 5.56 Å². The summed E-state index contributed by atoms with van der Waals surface area (Å²) in [6, 6.07) is 5.46. The number of aromatic amines is 1. The first-order chi connectivity index (χ1) is 5.79. The summed E-state index contributed by atoms with van der Waals surface area (Å²) < 4.78 is 0.494. The zero-order valence-electron chi connectivity index (χ0n) is 6.04. The smallest absolute Gasteiger partial charge is 0.265 e. The molecule has 0 aliphatic carbocycles. The van der Waals surface area contributed by atoms with Crippen LogP contribution in [0.2, 0.25) is 0 Å². The quantitative estimate of drug-likeness (QED) is 0.740. The zero-order valence-corrected chi connectivity index (χ0v) is 7.63. The summed E-state index contributed by atoms with van der Waals surface area (Å²) in [4.78, 5) is 17.9. The Balaban J connectivity index is 2.88. The van der Waals surface area contributed by atoms with E-state index in [1.807, 2.05) is 18.2 Å². The lowest BCUT2D eigenvalue weighted by atomic mass is 10.3. The standard InChI is InChI=1S/C8H5BrN2O/c9-6-7-5(11-8(6)12)3-1-2-4-10-7/h1-4H,(H,11,12). The molecule has 0 unspecified atom stereocenters. The van der Waals surface area contributed by atoms with Gasteiger partial charge in [-0.1, -0.05) is 6.07 Å². The molecule has 0 aromatic rings. The van der Waals surface area contributed by atoms with Crippen molar-refractivity contribution in [1.82, 2.24) is 9.97 Å². The molecule has 0 atom stereocenters. The Labute approximate surface area is 76.9 Å². The van der Waals surface area contributed by atoms with Gasteiger partial charge in [-0.2, -0.15) is 0 Å². The molecule has 0 aromatic carbocycles. The minimum atomic E-state index is -0.135. The van der Waals surface area contributed by atoms with Gasteiger partial charge >= 0.3 is 0 Å². The third-order valence-corrected chi connectivity index (χ3v) is 2.31. The van der Waals surface area contributed by atoms with Crippen molar-refractivity contribution >= 4 is 15.9 Å². The number of fused-ring (bicyclic) bond motifs is 1. The average Bonchev–Trinajstić information content (AvgIpc) is 2.30. The van der Waals surface area contributed by atoms with Crippen molar-refractivity contribution in [2.24, 2.45) is 0 Å². The Morgan fingerprint density at radius 2 is 2.25 bits per heavy atom. The minimum absolute atomic E-state index is 0.135. The van der Waals surface area contributed by atoms with Crippen LogP contribution in [0.1, 0.15) is 0 Å². The van der Waals surface area contributed by atoms with E-state index < -0.39 is 0 Å². The van der Waals surface area contributed by atoms with E-state index in [0.717, 1.165) is 5.69 Å². The van der Waals surface area contributed by atoms with Gasteiger partial charge in [-0.25, -0.2) is 0 Å². The van der Waals surface area contributed by atoms with E-state index in [1.165, 1.54) is 0 Å². The SMILES string of the molecule is O=c1[nH]c2ccccnc-2c1Br. The maximum absolute atomic E-state index is 11.1. The second kappa shape index (κ2) is 2.71. The van der Waals surface area contributed by atoms with Crippen LogP contribution in [0.5, 0.6) is 0 Å². The molecule has 0 saturated carbocycles. The van der Waals surface area contributed by atoms with Gasteiger partial charge in [0.05, 0.1) is 5.69 Å². The first-order valence-electron chi connectivity index (χ1n) is 3.41.